The maximum atomic E-state index is 13.4. The second-order valence-electron chi connectivity index (χ2n) is 9.21. The number of hydrogen-bond acceptors (Lipinski definition) is 6. The number of rotatable bonds is 9. The summed E-state index contributed by atoms with van der Waals surface area (Å²) >= 11 is 0. The summed E-state index contributed by atoms with van der Waals surface area (Å²) in [5.74, 6) is -1.45. The number of Topliss-reactive ketones (excluding diaryl/α,β-unsaturated/α-hetero) is 1. The first-order valence-electron chi connectivity index (χ1n) is 11.5. The molecule has 1 saturated carbocycles. The van der Waals surface area contributed by atoms with Crippen LogP contribution in [0.3, 0.4) is 0 Å². The Bertz CT molecular complexity index is 1190. The van der Waals surface area contributed by atoms with E-state index in [4.69, 9.17) is 5.11 Å². The topological polar surface area (TPSA) is 122 Å². The highest BCUT2D eigenvalue weighted by atomic mass is 32.2. The number of ketones is 1. The number of likely N-dealkylation sites (tertiary alicyclic amines) is 1. The Hall–Kier alpha value is -3.07. The number of amides is 1. The summed E-state index contributed by atoms with van der Waals surface area (Å²) in [5, 5.41) is 8.75. The number of sulfone groups is 1. The van der Waals surface area contributed by atoms with Gasteiger partial charge in [-0.3, -0.25) is 14.6 Å². The van der Waals surface area contributed by atoms with E-state index in [-0.39, 0.29) is 39.7 Å². The number of nitrogens with zero attached hydrogens (tertiary/aromatic N) is 2. The summed E-state index contributed by atoms with van der Waals surface area (Å²) < 4.78 is 25.1. The van der Waals surface area contributed by atoms with Gasteiger partial charge >= 0.3 is 5.97 Å². The standard InChI is InChI=1S/C25H28N2O6S/c1-16(28)27-11-10-17(15-27)12-23(24(29)13-20-5-2-19(14-26-20)25(30)31)18-3-6-21(7-4-18)34(32,33)22-8-9-22/h2-7,14,17,22-23H,8-13,15H2,1H3,(H,30,31)/t17-,23-/m1/s1. The lowest BCUT2D eigenvalue weighted by atomic mass is 9.84. The van der Waals surface area contributed by atoms with Crippen molar-refractivity contribution >= 4 is 27.5 Å². The van der Waals surface area contributed by atoms with Gasteiger partial charge in [0.15, 0.2) is 9.84 Å². The molecule has 1 amide bonds. The van der Waals surface area contributed by atoms with Gasteiger partial charge in [-0.25, -0.2) is 13.2 Å². The van der Waals surface area contributed by atoms with E-state index >= 15 is 0 Å². The zero-order valence-corrected chi connectivity index (χ0v) is 19.8. The van der Waals surface area contributed by atoms with E-state index in [1.165, 1.54) is 25.3 Å². The fourth-order valence-corrected chi connectivity index (χ4v) is 6.17. The number of carboxylic acids is 1. The fourth-order valence-electron chi connectivity index (χ4n) is 4.52. The van der Waals surface area contributed by atoms with E-state index in [9.17, 15) is 22.8 Å². The minimum Gasteiger partial charge on any atom is -0.478 e. The highest BCUT2D eigenvalue weighted by Crippen LogP contribution is 2.35. The third-order valence-electron chi connectivity index (χ3n) is 6.69. The first-order chi connectivity index (χ1) is 16.1. The van der Waals surface area contributed by atoms with Gasteiger partial charge < -0.3 is 10.0 Å². The normalized spacial score (nSPS) is 19.1. The SMILES string of the molecule is CC(=O)N1CC[C@H](C[C@@H](C(=O)Cc2ccc(C(=O)O)cn2)c2ccc(S(=O)(=O)C3CC3)cc2)C1. The van der Waals surface area contributed by atoms with E-state index < -0.39 is 21.7 Å². The van der Waals surface area contributed by atoms with Crippen molar-refractivity contribution in [1.29, 1.82) is 0 Å². The molecule has 34 heavy (non-hydrogen) atoms. The first-order valence-corrected chi connectivity index (χ1v) is 13.0. The van der Waals surface area contributed by atoms with Crippen molar-refractivity contribution in [2.75, 3.05) is 13.1 Å². The summed E-state index contributed by atoms with van der Waals surface area (Å²) in [6, 6.07) is 9.56. The van der Waals surface area contributed by atoms with Crippen molar-refractivity contribution in [3.8, 4) is 0 Å². The quantitative estimate of drug-likeness (QED) is 0.581. The maximum Gasteiger partial charge on any atom is 0.337 e. The molecule has 1 aliphatic carbocycles. The third-order valence-corrected chi connectivity index (χ3v) is 8.97. The number of carbonyl (C=O) groups is 3. The smallest absolute Gasteiger partial charge is 0.337 e. The number of carbonyl (C=O) groups excluding carboxylic acids is 2. The largest absolute Gasteiger partial charge is 0.478 e. The Labute approximate surface area is 198 Å². The van der Waals surface area contributed by atoms with Crippen LogP contribution in [-0.4, -0.2) is 59.4 Å². The van der Waals surface area contributed by atoms with Gasteiger partial charge in [-0.05, 0) is 61.4 Å². The Kier molecular flexibility index (Phi) is 6.84. The van der Waals surface area contributed by atoms with Crippen LogP contribution in [0.4, 0.5) is 0 Å². The van der Waals surface area contributed by atoms with Crippen LogP contribution in [0, 0.1) is 5.92 Å². The van der Waals surface area contributed by atoms with Crippen LogP contribution in [0.5, 0.6) is 0 Å². The molecule has 2 atom stereocenters. The van der Waals surface area contributed by atoms with Gasteiger partial charge in [-0.2, -0.15) is 0 Å². The Morgan fingerprint density at radius 2 is 1.79 bits per heavy atom. The zero-order valence-electron chi connectivity index (χ0n) is 19.0. The monoisotopic (exact) mass is 484 g/mol. The van der Waals surface area contributed by atoms with Crippen molar-refractivity contribution in [3.05, 3.63) is 59.4 Å². The number of carboxylic acid groups (broad SMARTS) is 1. The predicted octanol–water partition coefficient (Wildman–Crippen LogP) is 2.87. The van der Waals surface area contributed by atoms with Crippen LogP contribution < -0.4 is 0 Å². The van der Waals surface area contributed by atoms with E-state index in [1.807, 2.05) is 0 Å². The van der Waals surface area contributed by atoms with Gasteiger partial charge in [0.05, 0.1) is 15.7 Å². The van der Waals surface area contributed by atoms with Gasteiger partial charge in [-0.1, -0.05) is 12.1 Å². The molecule has 2 aromatic rings. The van der Waals surface area contributed by atoms with Crippen LogP contribution in [0.1, 0.15) is 60.1 Å². The van der Waals surface area contributed by atoms with Gasteiger partial charge in [0.1, 0.15) is 5.78 Å². The van der Waals surface area contributed by atoms with Gasteiger partial charge in [-0.15, -0.1) is 0 Å². The Morgan fingerprint density at radius 1 is 1.09 bits per heavy atom. The molecule has 0 bridgehead atoms. The number of aromatic nitrogens is 1. The summed E-state index contributed by atoms with van der Waals surface area (Å²) in [4.78, 5) is 42.4. The number of benzene rings is 1. The molecule has 2 aliphatic rings. The third kappa shape index (κ3) is 5.35. The van der Waals surface area contributed by atoms with Crippen LogP contribution in [0.15, 0.2) is 47.5 Å². The van der Waals surface area contributed by atoms with Crippen LogP contribution in [0.25, 0.3) is 0 Å². The van der Waals surface area contributed by atoms with E-state index in [1.54, 1.807) is 29.2 Å². The number of pyridine rings is 1. The number of hydrogen-bond donors (Lipinski definition) is 1. The van der Waals surface area contributed by atoms with E-state index in [0.29, 0.717) is 38.0 Å². The van der Waals surface area contributed by atoms with Gasteiger partial charge in [0.25, 0.3) is 0 Å². The molecule has 2 heterocycles. The molecule has 180 valence electrons. The molecule has 1 saturated heterocycles. The van der Waals surface area contributed by atoms with Crippen LogP contribution in [0.2, 0.25) is 0 Å². The molecule has 0 radical (unpaired) electrons. The average Bonchev–Trinajstić information content (AvgIpc) is 3.57. The van der Waals surface area contributed by atoms with E-state index in [0.717, 1.165) is 12.0 Å². The summed E-state index contributed by atoms with van der Waals surface area (Å²) in [6.45, 7) is 2.80. The summed E-state index contributed by atoms with van der Waals surface area (Å²) in [6.07, 6.45) is 4.00. The van der Waals surface area contributed by atoms with Crippen molar-refractivity contribution in [2.45, 2.75) is 55.1 Å². The Balaban J connectivity index is 1.55. The molecule has 1 aromatic heterocycles. The second-order valence-corrected chi connectivity index (χ2v) is 11.4. The van der Waals surface area contributed by atoms with Crippen LogP contribution >= 0.6 is 0 Å². The highest BCUT2D eigenvalue weighted by molar-refractivity contribution is 7.92. The molecule has 0 unspecified atom stereocenters. The average molecular weight is 485 g/mol. The molecular weight excluding hydrogens is 456 g/mol. The molecule has 1 aliphatic heterocycles. The van der Waals surface area contributed by atoms with Crippen molar-refractivity contribution in [1.82, 2.24) is 9.88 Å². The first kappa shape index (κ1) is 24.1. The lowest BCUT2D eigenvalue weighted by molar-refractivity contribution is -0.127. The second kappa shape index (κ2) is 9.66. The van der Waals surface area contributed by atoms with Crippen molar-refractivity contribution in [2.24, 2.45) is 5.92 Å². The maximum absolute atomic E-state index is 13.4. The van der Waals surface area contributed by atoms with E-state index in [2.05, 4.69) is 4.98 Å². The lowest BCUT2D eigenvalue weighted by Crippen LogP contribution is -2.26. The van der Waals surface area contributed by atoms with Gasteiger partial charge in [0.2, 0.25) is 5.91 Å². The predicted molar refractivity (Wildman–Crippen MR) is 124 cm³/mol. The Morgan fingerprint density at radius 3 is 2.32 bits per heavy atom. The molecule has 1 N–H and O–H groups in total. The van der Waals surface area contributed by atoms with Crippen molar-refractivity contribution < 1.29 is 27.9 Å². The molecule has 1 aromatic carbocycles. The van der Waals surface area contributed by atoms with Crippen molar-refractivity contribution in [3.63, 3.8) is 0 Å². The summed E-state index contributed by atoms with van der Waals surface area (Å²) in [5.41, 5.74) is 1.27. The minimum atomic E-state index is -3.31. The summed E-state index contributed by atoms with van der Waals surface area (Å²) in [7, 11) is -3.31. The van der Waals surface area contributed by atoms with Crippen LogP contribution in [-0.2, 0) is 25.8 Å². The van der Waals surface area contributed by atoms with Gasteiger partial charge in [0, 0.05) is 44.2 Å². The highest BCUT2D eigenvalue weighted by Gasteiger charge is 2.37. The molecule has 4 rings (SSSR count). The molecule has 0 spiro atoms. The minimum absolute atomic E-state index is 0.0164. The number of aromatic carboxylic acids is 1. The molecule has 2 fully saturated rings. The zero-order chi connectivity index (χ0) is 24.5. The molecule has 9 heteroatoms. The molecule has 8 nitrogen and oxygen atoms in total. The fraction of sp³-hybridized carbons (Fsp3) is 0.440. The lowest BCUT2D eigenvalue weighted by Gasteiger charge is -2.21. The molecular formula is C25H28N2O6S.